The number of aliphatic imine (C=N–C) groups is 1. The van der Waals surface area contributed by atoms with E-state index in [1.807, 2.05) is 13.2 Å². The summed E-state index contributed by atoms with van der Waals surface area (Å²) >= 11 is 0. The molecular weight excluding hydrogens is 298 g/mol. The summed E-state index contributed by atoms with van der Waals surface area (Å²) in [6, 6.07) is 8.67. The van der Waals surface area contributed by atoms with Gasteiger partial charge in [-0.25, -0.2) is 4.98 Å². The highest BCUT2D eigenvalue weighted by Crippen LogP contribution is 2.18. The standard InChI is InChI=1S/C19H27N5/c1-15(2)13-23-11-9-21-18(23)12-22-19(20-3)24-10-8-16-6-4-5-7-17(16)14-24/h4-7,9,11,15H,8,10,12-14H2,1-3H3,(H,20,22). The van der Waals surface area contributed by atoms with Crippen molar-refractivity contribution in [2.45, 2.75) is 39.9 Å². The molecule has 128 valence electrons. The maximum absolute atomic E-state index is 4.48. The van der Waals surface area contributed by atoms with Crippen LogP contribution in [0.5, 0.6) is 0 Å². The Balaban J connectivity index is 1.63. The van der Waals surface area contributed by atoms with Crippen LogP contribution in [0.4, 0.5) is 0 Å². The van der Waals surface area contributed by atoms with Crippen molar-refractivity contribution in [1.29, 1.82) is 0 Å². The molecule has 0 amide bonds. The lowest BCUT2D eigenvalue weighted by Gasteiger charge is -2.31. The smallest absolute Gasteiger partial charge is 0.194 e. The first kappa shape index (κ1) is 16.6. The second-order valence-corrected chi connectivity index (χ2v) is 6.73. The van der Waals surface area contributed by atoms with Crippen LogP contribution in [0.3, 0.4) is 0 Å². The van der Waals surface area contributed by atoms with Crippen LogP contribution in [0.2, 0.25) is 0 Å². The van der Waals surface area contributed by atoms with E-state index < -0.39 is 0 Å². The Labute approximate surface area is 144 Å². The van der Waals surface area contributed by atoms with Crippen molar-refractivity contribution < 1.29 is 0 Å². The van der Waals surface area contributed by atoms with Crippen LogP contribution in [0, 0.1) is 5.92 Å². The third-order valence-electron chi connectivity index (χ3n) is 4.41. The fourth-order valence-electron chi connectivity index (χ4n) is 3.23. The van der Waals surface area contributed by atoms with Crippen molar-refractivity contribution in [2.24, 2.45) is 10.9 Å². The number of hydrogen-bond acceptors (Lipinski definition) is 2. The van der Waals surface area contributed by atoms with Gasteiger partial charge >= 0.3 is 0 Å². The molecule has 0 saturated carbocycles. The highest BCUT2D eigenvalue weighted by molar-refractivity contribution is 5.80. The quantitative estimate of drug-likeness (QED) is 0.694. The molecule has 0 fully saturated rings. The second kappa shape index (κ2) is 7.51. The van der Waals surface area contributed by atoms with Crippen LogP contribution in [0.25, 0.3) is 0 Å². The Morgan fingerprint density at radius 2 is 2.08 bits per heavy atom. The first-order chi connectivity index (χ1) is 11.7. The first-order valence-electron chi connectivity index (χ1n) is 8.69. The molecule has 1 aromatic carbocycles. The topological polar surface area (TPSA) is 45.5 Å². The third kappa shape index (κ3) is 3.78. The summed E-state index contributed by atoms with van der Waals surface area (Å²) in [7, 11) is 1.85. The molecule has 1 aliphatic heterocycles. The number of nitrogens with zero attached hydrogens (tertiary/aromatic N) is 4. The maximum atomic E-state index is 4.48. The second-order valence-electron chi connectivity index (χ2n) is 6.73. The number of fused-ring (bicyclic) bond motifs is 1. The van der Waals surface area contributed by atoms with Crippen molar-refractivity contribution in [1.82, 2.24) is 19.8 Å². The predicted molar refractivity (Wildman–Crippen MR) is 97.8 cm³/mol. The minimum absolute atomic E-state index is 0.607. The molecular formula is C19H27N5. The van der Waals surface area contributed by atoms with Gasteiger partial charge in [0.05, 0.1) is 6.54 Å². The third-order valence-corrected chi connectivity index (χ3v) is 4.41. The molecule has 0 atom stereocenters. The molecule has 0 radical (unpaired) electrons. The number of nitrogens with one attached hydrogen (secondary N) is 1. The largest absolute Gasteiger partial charge is 0.349 e. The van der Waals surface area contributed by atoms with Gasteiger partial charge in [-0.1, -0.05) is 38.1 Å². The Morgan fingerprint density at radius 3 is 2.83 bits per heavy atom. The molecule has 5 nitrogen and oxygen atoms in total. The molecule has 0 aliphatic carbocycles. The normalized spacial score (nSPS) is 14.8. The van der Waals surface area contributed by atoms with Gasteiger partial charge in [0.25, 0.3) is 0 Å². The van der Waals surface area contributed by atoms with Crippen LogP contribution in [-0.2, 0) is 26.1 Å². The molecule has 1 aromatic heterocycles. The summed E-state index contributed by atoms with van der Waals surface area (Å²) in [4.78, 5) is 11.3. The lowest BCUT2D eigenvalue weighted by Crippen LogP contribution is -2.44. The van der Waals surface area contributed by atoms with Crippen LogP contribution < -0.4 is 5.32 Å². The molecule has 24 heavy (non-hydrogen) atoms. The highest BCUT2D eigenvalue weighted by atomic mass is 15.3. The lowest BCUT2D eigenvalue weighted by atomic mass is 10.0. The van der Waals surface area contributed by atoms with Crippen LogP contribution in [0.1, 0.15) is 30.8 Å². The van der Waals surface area contributed by atoms with Crippen molar-refractivity contribution in [3.8, 4) is 0 Å². The zero-order valence-corrected chi connectivity index (χ0v) is 14.9. The van der Waals surface area contributed by atoms with E-state index in [4.69, 9.17) is 0 Å². The molecule has 0 saturated heterocycles. The Morgan fingerprint density at radius 1 is 1.29 bits per heavy atom. The molecule has 0 unspecified atom stereocenters. The van der Waals surface area contributed by atoms with Gasteiger partial charge in [-0.3, -0.25) is 4.99 Å². The number of rotatable bonds is 4. The number of hydrogen-bond donors (Lipinski definition) is 1. The lowest BCUT2D eigenvalue weighted by molar-refractivity contribution is 0.377. The fourth-order valence-corrected chi connectivity index (χ4v) is 3.23. The van der Waals surface area contributed by atoms with Crippen molar-refractivity contribution in [2.75, 3.05) is 13.6 Å². The molecule has 2 aromatic rings. The minimum Gasteiger partial charge on any atom is -0.349 e. The van der Waals surface area contributed by atoms with Gasteiger partial charge < -0.3 is 14.8 Å². The van der Waals surface area contributed by atoms with Crippen molar-refractivity contribution in [3.05, 3.63) is 53.6 Å². The SMILES string of the molecule is CN=C(NCc1nccn1CC(C)C)N1CCc2ccccc2C1. The number of imidazole rings is 1. The average molecular weight is 325 g/mol. The summed E-state index contributed by atoms with van der Waals surface area (Å²) in [5, 5.41) is 3.48. The Hall–Kier alpha value is -2.30. The molecule has 0 bridgehead atoms. The van der Waals surface area contributed by atoms with Gasteiger partial charge in [-0.15, -0.1) is 0 Å². The van der Waals surface area contributed by atoms with E-state index in [1.165, 1.54) is 11.1 Å². The molecule has 2 heterocycles. The first-order valence-corrected chi connectivity index (χ1v) is 8.69. The van der Waals surface area contributed by atoms with E-state index in [0.29, 0.717) is 12.5 Å². The van der Waals surface area contributed by atoms with Gasteiger partial charge in [0.15, 0.2) is 5.96 Å². The maximum Gasteiger partial charge on any atom is 0.194 e. The minimum atomic E-state index is 0.607. The highest BCUT2D eigenvalue weighted by Gasteiger charge is 2.18. The van der Waals surface area contributed by atoms with E-state index >= 15 is 0 Å². The molecule has 1 N–H and O–H groups in total. The Bertz CT molecular complexity index is 701. The van der Waals surface area contributed by atoms with Crippen LogP contribution in [0.15, 0.2) is 41.7 Å². The van der Waals surface area contributed by atoms with E-state index in [-0.39, 0.29) is 0 Å². The van der Waals surface area contributed by atoms with E-state index in [2.05, 4.69) is 69.1 Å². The van der Waals surface area contributed by atoms with E-state index in [9.17, 15) is 0 Å². The zero-order valence-electron chi connectivity index (χ0n) is 14.9. The molecule has 5 heteroatoms. The van der Waals surface area contributed by atoms with Crippen LogP contribution >= 0.6 is 0 Å². The number of guanidine groups is 1. The number of benzene rings is 1. The summed E-state index contributed by atoms with van der Waals surface area (Å²) < 4.78 is 2.22. The summed E-state index contributed by atoms with van der Waals surface area (Å²) in [6.07, 6.45) is 5.00. The van der Waals surface area contributed by atoms with Gasteiger partial charge in [-0.2, -0.15) is 0 Å². The van der Waals surface area contributed by atoms with Crippen molar-refractivity contribution >= 4 is 5.96 Å². The van der Waals surface area contributed by atoms with Gasteiger partial charge in [0, 0.05) is 39.1 Å². The van der Waals surface area contributed by atoms with Gasteiger partial charge in [0.2, 0.25) is 0 Å². The molecule has 1 aliphatic rings. The van der Waals surface area contributed by atoms with Gasteiger partial charge in [-0.05, 0) is 23.5 Å². The molecule has 3 rings (SSSR count). The summed E-state index contributed by atoms with van der Waals surface area (Å²) in [5.74, 6) is 2.61. The number of aromatic nitrogens is 2. The van der Waals surface area contributed by atoms with Gasteiger partial charge in [0.1, 0.15) is 5.82 Å². The predicted octanol–water partition coefficient (Wildman–Crippen LogP) is 2.67. The zero-order chi connectivity index (χ0) is 16.9. The molecule has 0 spiro atoms. The van der Waals surface area contributed by atoms with Crippen molar-refractivity contribution in [3.63, 3.8) is 0 Å². The van der Waals surface area contributed by atoms with E-state index in [1.54, 1.807) is 0 Å². The van der Waals surface area contributed by atoms with Crippen LogP contribution in [-0.4, -0.2) is 34.0 Å². The summed E-state index contributed by atoms with van der Waals surface area (Å²) in [6.45, 7) is 8.05. The monoisotopic (exact) mass is 325 g/mol. The fraction of sp³-hybridized carbons (Fsp3) is 0.474. The van der Waals surface area contributed by atoms with E-state index in [0.717, 1.165) is 37.8 Å². The average Bonchev–Trinajstić information content (AvgIpc) is 3.01. The Kier molecular flexibility index (Phi) is 5.18. The summed E-state index contributed by atoms with van der Waals surface area (Å²) in [5.41, 5.74) is 2.85.